The highest BCUT2D eigenvalue weighted by Crippen LogP contribution is 2.38. The second-order valence-corrected chi connectivity index (χ2v) is 6.78. The molecule has 1 amide bonds. The molecule has 2 aromatic rings. The fourth-order valence-electron chi connectivity index (χ4n) is 3.44. The summed E-state index contributed by atoms with van der Waals surface area (Å²) in [5.41, 5.74) is 1.03. The SMILES string of the molecule is C=CCOC(=O)OC(C)C1C(=O)N(c2ccc(OC)cc2)C1C(=O)c1ccccc1. The fraction of sp³-hybridized carbons (Fsp3) is 0.261. The van der Waals surface area contributed by atoms with Gasteiger partial charge in [0.15, 0.2) is 5.78 Å². The first kappa shape index (κ1) is 21.1. The number of ether oxygens (including phenoxy) is 3. The number of amides is 1. The summed E-state index contributed by atoms with van der Waals surface area (Å²) in [5, 5.41) is 0. The maximum absolute atomic E-state index is 13.2. The molecule has 3 atom stereocenters. The number of nitrogens with zero attached hydrogens (tertiary/aromatic N) is 1. The summed E-state index contributed by atoms with van der Waals surface area (Å²) in [6.45, 7) is 5.04. The number of anilines is 1. The monoisotopic (exact) mass is 409 g/mol. The molecule has 0 radical (unpaired) electrons. The molecular formula is C23H23NO6. The molecule has 7 heteroatoms. The largest absolute Gasteiger partial charge is 0.508 e. The Morgan fingerprint density at radius 1 is 1.13 bits per heavy atom. The normalized spacial score (nSPS) is 18.7. The quantitative estimate of drug-likeness (QED) is 0.287. The molecule has 1 aliphatic heterocycles. The van der Waals surface area contributed by atoms with Gasteiger partial charge in [-0.25, -0.2) is 4.79 Å². The molecule has 2 aromatic carbocycles. The van der Waals surface area contributed by atoms with E-state index in [1.54, 1.807) is 62.6 Å². The number of hydrogen-bond acceptors (Lipinski definition) is 6. The van der Waals surface area contributed by atoms with E-state index in [1.807, 2.05) is 6.07 Å². The van der Waals surface area contributed by atoms with Crippen LogP contribution in [0, 0.1) is 5.92 Å². The average molecular weight is 409 g/mol. The van der Waals surface area contributed by atoms with E-state index < -0.39 is 24.2 Å². The Balaban J connectivity index is 1.87. The lowest BCUT2D eigenvalue weighted by Crippen LogP contribution is -2.68. The number of β-lactam (4-membered cyclic amide) rings is 1. The number of hydrogen-bond donors (Lipinski definition) is 0. The van der Waals surface area contributed by atoms with Crippen molar-refractivity contribution in [3.05, 3.63) is 72.8 Å². The first-order valence-electron chi connectivity index (χ1n) is 9.48. The van der Waals surface area contributed by atoms with E-state index in [2.05, 4.69) is 6.58 Å². The van der Waals surface area contributed by atoms with Gasteiger partial charge in [-0.3, -0.25) is 9.59 Å². The first-order chi connectivity index (χ1) is 14.5. The number of methoxy groups -OCH3 is 1. The van der Waals surface area contributed by atoms with Gasteiger partial charge in [0, 0.05) is 11.3 Å². The Labute approximate surface area is 174 Å². The number of carbonyl (C=O) groups is 3. The number of benzene rings is 2. The van der Waals surface area contributed by atoms with Crippen LogP contribution in [0.2, 0.25) is 0 Å². The molecule has 0 N–H and O–H groups in total. The van der Waals surface area contributed by atoms with Crippen LogP contribution in [0.5, 0.6) is 5.75 Å². The van der Waals surface area contributed by atoms with Gasteiger partial charge in [-0.05, 0) is 31.2 Å². The molecule has 0 bridgehead atoms. The molecule has 0 aromatic heterocycles. The summed E-state index contributed by atoms with van der Waals surface area (Å²) in [6, 6.07) is 14.7. The number of carbonyl (C=O) groups excluding carboxylic acids is 3. The van der Waals surface area contributed by atoms with Crippen molar-refractivity contribution in [3.8, 4) is 5.75 Å². The third-order valence-corrected chi connectivity index (χ3v) is 4.93. The highest BCUT2D eigenvalue weighted by molar-refractivity contribution is 6.17. The maximum atomic E-state index is 13.2. The molecule has 156 valence electrons. The summed E-state index contributed by atoms with van der Waals surface area (Å²) in [4.78, 5) is 39.5. The molecule has 3 rings (SSSR count). The van der Waals surface area contributed by atoms with E-state index in [1.165, 1.54) is 11.0 Å². The van der Waals surface area contributed by atoms with Gasteiger partial charge in [0.25, 0.3) is 0 Å². The molecule has 1 saturated heterocycles. The van der Waals surface area contributed by atoms with Crippen LogP contribution < -0.4 is 9.64 Å². The molecule has 3 unspecified atom stereocenters. The van der Waals surface area contributed by atoms with Crippen molar-refractivity contribution in [1.82, 2.24) is 0 Å². The zero-order valence-electron chi connectivity index (χ0n) is 16.8. The second-order valence-electron chi connectivity index (χ2n) is 6.78. The Kier molecular flexibility index (Phi) is 6.51. The summed E-state index contributed by atoms with van der Waals surface area (Å²) < 4.78 is 15.2. The summed E-state index contributed by atoms with van der Waals surface area (Å²) >= 11 is 0. The molecule has 0 spiro atoms. The summed E-state index contributed by atoms with van der Waals surface area (Å²) in [5.74, 6) is -0.726. The molecule has 30 heavy (non-hydrogen) atoms. The average Bonchev–Trinajstić information content (AvgIpc) is 2.76. The van der Waals surface area contributed by atoms with Crippen LogP contribution in [-0.2, 0) is 14.3 Å². The van der Waals surface area contributed by atoms with Crippen molar-refractivity contribution in [2.45, 2.75) is 19.1 Å². The maximum Gasteiger partial charge on any atom is 0.508 e. The lowest BCUT2D eigenvalue weighted by Gasteiger charge is -2.47. The van der Waals surface area contributed by atoms with Crippen molar-refractivity contribution in [2.75, 3.05) is 18.6 Å². The highest BCUT2D eigenvalue weighted by atomic mass is 16.7. The van der Waals surface area contributed by atoms with Crippen LogP contribution in [0.3, 0.4) is 0 Å². The minimum Gasteiger partial charge on any atom is -0.497 e. The van der Waals surface area contributed by atoms with Gasteiger partial charge >= 0.3 is 6.16 Å². The van der Waals surface area contributed by atoms with Crippen LogP contribution >= 0.6 is 0 Å². The number of ketones is 1. The minimum atomic E-state index is -0.913. The third kappa shape index (κ3) is 4.20. The molecule has 1 heterocycles. The first-order valence-corrected chi connectivity index (χ1v) is 9.48. The van der Waals surface area contributed by atoms with Crippen molar-refractivity contribution in [2.24, 2.45) is 5.92 Å². The minimum absolute atomic E-state index is 0.00544. The van der Waals surface area contributed by atoms with Gasteiger partial charge in [0.1, 0.15) is 30.4 Å². The van der Waals surface area contributed by atoms with Crippen LogP contribution in [-0.4, -0.2) is 43.7 Å². The van der Waals surface area contributed by atoms with Gasteiger partial charge in [-0.15, -0.1) is 0 Å². The zero-order chi connectivity index (χ0) is 21.7. The lowest BCUT2D eigenvalue weighted by molar-refractivity contribution is -0.134. The van der Waals surface area contributed by atoms with Crippen LogP contribution in [0.25, 0.3) is 0 Å². The Morgan fingerprint density at radius 3 is 2.40 bits per heavy atom. The van der Waals surface area contributed by atoms with Crippen molar-refractivity contribution < 1.29 is 28.6 Å². The van der Waals surface area contributed by atoms with Gasteiger partial charge < -0.3 is 19.1 Å². The van der Waals surface area contributed by atoms with E-state index in [0.29, 0.717) is 17.0 Å². The van der Waals surface area contributed by atoms with Crippen molar-refractivity contribution >= 4 is 23.5 Å². The third-order valence-electron chi connectivity index (χ3n) is 4.93. The smallest absolute Gasteiger partial charge is 0.497 e. The molecule has 0 saturated carbocycles. The summed E-state index contributed by atoms with van der Waals surface area (Å²) in [6.07, 6.45) is -0.348. The Hall–Kier alpha value is -3.61. The van der Waals surface area contributed by atoms with E-state index >= 15 is 0 Å². The van der Waals surface area contributed by atoms with Crippen LogP contribution in [0.15, 0.2) is 67.3 Å². The Morgan fingerprint density at radius 2 is 1.80 bits per heavy atom. The highest BCUT2D eigenvalue weighted by Gasteiger charge is 2.55. The van der Waals surface area contributed by atoms with E-state index in [4.69, 9.17) is 14.2 Å². The standard InChI is InChI=1S/C23H23NO6/c1-4-14-29-23(27)30-15(2)19-20(21(25)16-8-6-5-7-9-16)24(22(19)26)17-10-12-18(28-3)13-11-17/h4-13,15,19-20H,1,14H2,2-3H3. The molecule has 1 fully saturated rings. The van der Waals surface area contributed by atoms with Crippen LogP contribution in [0.1, 0.15) is 17.3 Å². The van der Waals surface area contributed by atoms with Gasteiger partial charge in [0.2, 0.25) is 5.91 Å². The van der Waals surface area contributed by atoms with Gasteiger partial charge in [-0.2, -0.15) is 0 Å². The van der Waals surface area contributed by atoms with Crippen LogP contribution in [0.4, 0.5) is 10.5 Å². The Bertz CT molecular complexity index is 924. The van der Waals surface area contributed by atoms with E-state index in [-0.39, 0.29) is 18.3 Å². The zero-order valence-corrected chi connectivity index (χ0v) is 16.8. The van der Waals surface area contributed by atoms with E-state index in [9.17, 15) is 14.4 Å². The van der Waals surface area contributed by atoms with E-state index in [0.717, 1.165) is 0 Å². The summed E-state index contributed by atoms with van der Waals surface area (Å²) in [7, 11) is 1.55. The molecule has 7 nitrogen and oxygen atoms in total. The van der Waals surface area contributed by atoms with Crippen molar-refractivity contribution in [3.63, 3.8) is 0 Å². The predicted molar refractivity (Wildman–Crippen MR) is 111 cm³/mol. The predicted octanol–water partition coefficient (Wildman–Crippen LogP) is 3.64. The van der Waals surface area contributed by atoms with Gasteiger partial charge in [0.05, 0.1) is 7.11 Å². The lowest BCUT2D eigenvalue weighted by atomic mass is 9.78. The topological polar surface area (TPSA) is 82.1 Å². The molecule has 0 aliphatic carbocycles. The van der Waals surface area contributed by atoms with Crippen molar-refractivity contribution in [1.29, 1.82) is 0 Å². The number of Topliss-reactive ketones (excluding diaryl/α,β-unsaturated/α-hetero) is 1. The van der Waals surface area contributed by atoms with Gasteiger partial charge in [-0.1, -0.05) is 43.0 Å². The molecular weight excluding hydrogens is 386 g/mol. The number of rotatable bonds is 8. The fourth-order valence-corrected chi connectivity index (χ4v) is 3.44. The second kappa shape index (κ2) is 9.26. The molecule has 1 aliphatic rings.